The largest absolute Gasteiger partial charge is 0.441 e. The number of nitrogens with one attached hydrogen (secondary N) is 1. The molecule has 1 heterocycles. The molecule has 10 heteroatoms. The minimum absolute atomic E-state index is 0.0425. The van der Waals surface area contributed by atoms with Gasteiger partial charge in [0.25, 0.3) is 0 Å². The summed E-state index contributed by atoms with van der Waals surface area (Å²) >= 11 is 10.8. The molecular weight excluding hydrogens is 288 g/mol. The monoisotopic (exact) mass is 292 g/mol. The van der Waals surface area contributed by atoms with E-state index >= 15 is 0 Å². The summed E-state index contributed by atoms with van der Waals surface area (Å²) < 4.78 is 35.3. The first-order valence-electron chi connectivity index (χ1n) is 3.88. The lowest BCUT2D eigenvalue weighted by Crippen LogP contribution is -2.11. The van der Waals surface area contributed by atoms with Gasteiger partial charge < -0.3 is 5.32 Å². The van der Waals surface area contributed by atoms with E-state index in [0.717, 1.165) is 0 Å². The Hall–Kier alpha value is -0.470. The number of halogens is 5. The van der Waals surface area contributed by atoms with Crippen LogP contribution in [0.2, 0.25) is 10.6 Å². The van der Waals surface area contributed by atoms with E-state index in [2.05, 4.69) is 20.3 Å². The van der Waals surface area contributed by atoms with E-state index in [9.17, 15) is 13.2 Å². The maximum atomic E-state index is 11.8. The fourth-order valence-electron chi connectivity index (χ4n) is 0.735. The van der Waals surface area contributed by atoms with Crippen molar-refractivity contribution in [3.63, 3.8) is 0 Å². The summed E-state index contributed by atoms with van der Waals surface area (Å²) in [6.45, 7) is 0.0425. The molecule has 1 aromatic rings. The topological polar surface area (TPSA) is 50.7 Å². The Balaban J connectivity index is 2.37. The molecule has 0 saturated heterocycles. The number of alkyl halides is 3. The molecule has 0 radical (unpaired) electrons. The quantitative estimate of drug-likeness (QED) is 0.865. The zero-order valence-corrected chi connectivity index (χ0v) is 9.88. The molecule has 1 N–H and O–H groups in total. The van der Waals surface area contributed by atoms with Crippen LogP contribution in [0.1, 0.15) is 0 Å². The standard InChI is InChI=1S/C6H5Cl2F3N4S/c7-3-13-4(8)15-5(14-3)12-1-2-16-6(9,10)11/h1-2H2,(H,12,13,14,15). The van der Waals surface area contributed by atoms with Crippen molar-refractivity contribution in [1.29, 1.82) is 0 Å². The molecule has 0 aliphatic rings. The van der Waals surface area contributed by atoms with Gasteiger partial charge in [0.15, 0.2) is 0 Å². The summed E-state index contributed by atoms with van der Waals surface area (Å²) in [6.07, 6.45) is 0. The van der Waals surface area contributed by atoms with Gasteiger partial charge in [0.05, 0.1) is 0 Å². The lowest BCUT2D eigenvalue weighted by atomic mass is 10.7. The Morgan fingerprint density at radius 2 is 1.69 bits per heavy atom. The van der Waals surface area contributed by atoms with Gasteiger partial charge in [-0.2, -0.15) is 28.1 Å². The van der Waals surface area contributed by atoms with Crippen LogP contribution in [-0.2, 0) is 0 Å². The lowest BCUT2D eigenvalue weighted by molar-refractivity contribution is -0.0327. The summed E-state index contributed by atoms with van der Waals surface area (Å²) in [6, 6.07) is 0. The molecule has 0 atom stereocenters. The van der Waals surface area contributed by atoms with E-state index < -0.39 is 5.51 Å². The van der Waals surface area contributed by atoms with Crippen molar-refractivity contribution in [2.45, 2.75) is 5.51 Å². The second-order valence-electron chi connectivity index (χ2n) is 2.42. The first kappa shape index (κ1) is 13.6. The van der Waals surface area contributed by atoms with Crippen molar-refractivity contribution in [3.8, 4) is 0 Å². The molecule has 0 aliphatic carbocycles. The average molecular weight is 293 g/mol. The average Bonchev–Trinajstić information content (AvgIpc) is 2.09. The van der Waals surface area contributed by atoms with Gasteiger partial charge in [-0.3, -0.25) is 0 Å². The fraction of sp³-hybridized carbons (Fsp3) is 0.500. The number of thioether (sulfide) groups is 1. The van der Waals surface area contributed by atoms with Gasteiger partial charge in [-0.25, -0.2) is 0 Å². The third-order valence-corrected chi connectivity index (χ3v) is 2.31. The molecule has 0 unspecified atom stereocenters. The molecule has 1 aromatic heterocycles. The van der Waals surface area contributed by atoms with Crippen LogP contribution in [-0.4, -0.2) is 32.8 Å². The number of rotatable bonds is 4. The van der Waals surface area contributed by atoms with Crippen molar-refractivity contribution in [2.75, 3.05) is 17.6 Å². The van der Waals surface area contributed by atoms with Crippen LogP contribution in [0.5, 0.6) is 0 Å². The summed E-state index contributed by atoms with van der Waals surface area (Å²) in [5.41, 5.74) is -4.24. The molecule has 90 valence electrons. The lowest BCUT2D eigenvalue weighted by Gasteiger charge is -2.06. The minimum atomic E-state index is -4.24. The molecule has 0 saturated carbocycles. The molecular formula is C6H5Cl2F3N4S. The SMILES string of the molecule is FC(F)(F)SCCNc1nc(Cl)nc(Cl)n1. The Labute approximate surface area is 103 Å². The van der Waals surface area contributed by atoms with E-state index in [0.29, 0.717) is 0 Å². The van der Waals surface area contributed by atoms with Crippen LogP contribution < -0.4 is 5.32 Å². The van der Waals surface area contributed by atoms with E-state index in [1.54, 1.807) is 0 Å². The highest BCUT2D eigenvalue weighted by atomic mass is 35.5. The van der Waals surface area contributed by atoms with E-state index in [1.165, 1.54) is 0 Å². The molecule has 0 aromatic carbocycles. The zero-order valence-electron chi connectivity index (χ0n) is 7.55. The van der Waals surface area contributed by atoms with E-state index in [4.69, 9.17) is 23.2 Å². The van der Waals surface area contributed by atoms with Crippen LogP contribution in [0.4, 0.5) is 19.1 Å². The Bertz CT molecular complexity index is 342. The maximum absolute atomic E-state index is 11.8. The summed E-state index contributed by atoms with van der Waals surface area (Å²) in [4.78, 5) is 10.7. The van der Waals surface area contributed by atoms with Crippen molar-refractivity contribution >= 4 is 40.9 Å². The second kappa shape index (κ2) is 5.74. The highest BCUT2D eigenvalue weighted by molar-refractivity contribution is 8.00. The molecule has 1 rings (SSSR count). The highest BCUT2D eigenvalue weighted by Gasteiger charge is 2.27. The number of anilines is 1. The van der Waals surface area contributed by atoms with Gasteiger partial charge >= 0.3 is 5.51 Å². The van der Waals surface area contributed by atoms with Crippen LogP contribution in [0, 0.1) is 0 Å². The van der Waals surface area contributed by atoms with Gasteiger partial charge in [0.2, 0.25) is 16.5 Å². The highest BCUT2D eigenvalue weighted by Crippen LogP contribution is 2.29. The Morgan fingerprint density at radius 1 is 1.12 bits per heavy atom. The first-order valence-corrected chi connectivity index (χ1v) is 5.62. The molecule has 0 fully saturated rings. The fourth-order valence-corrected chi connectivity index (χ4v) is 1.53. The maximum Gasteiger partial charge on any atom is 0.441 e. The van der Waals surface area contributed by atoms with Crippen molar-refractivity contribution in [2.24, 2.45) is 0 Å². The third-order valence-electron chi connectivity index (χ3n) is 1.23. The van der Waals surface area contributed by atoms with Crippen molar-refractivity contribution in [1.82, 2.24) is 15.0 Å². The van der Waals surface area contributed by atoms with E-state index in [1.807, 2.05) is 0 Å². The Morgan fingerprint density at radius 3 is 2.19 bits per heavy atom. The van der Waals surface area contributed by atoms with Crippen LogP contribution in [0.25, 0.3) is 0 Å². The normalized spacial score (nSPS) is 11.6. The number of aromatic nitrogens is 3. The second-order valence-corrected chi connectivity index (χ2v) is 4.25. The van der Waals surface area contributed by atoms with Gasteiger partial charge in [0.1, 0.15) is 0 Å². The minimum Gasteiger partial charge on any atom is -0.353 e. The van der Waals surface area contributed by atoms with Gasteiger partial charge in [-0.05, 0) is 35.0 Å². The summed E-state index contributed by atoms with van der Waals surface area (Å²) in [5.74, 6) is -0.113. The summed E-state index contributed by atoms with van der Waals surface area (Å²) in [7, 11) is 0. The van der Waals surface area contributed by atoms with Gasteiger partial charge in [0, 0.05) is 12.3 Å². The third kappa shape index (κ3) is 5.57. The molecule has 0 spiro atoms. The molecule has 4 nitrogen and oxygen atoms in total. The molecule has 16 heavy (non-hydrogen) atoms. The Kier molecular flexibility index (Phi) is 4.88. The zero-order chi connectivity index (χ0) is 12.2. The van der Waals surface area contributed by atoms with Crippen LogP contribution in [0.15, 0.2) is 0 Å². The smallest absolute Gasteiger partial charge is 0.353 e. The summed E-state index contributed by atoms with van der Waals surface area (Å²) in [5, 5.41) is 2.31. The van der Waals surface area contributed by atoms with Crippen LogP contribution >= 0.6 is 35.0 Å². The molecule has 0 aliphatic heterocycles. The number of hydrogen-bond acceptors (Lipinski definition) is 5. The van der Waals surface area contributed by atoms with Gasteiger partial charge in [-0.1, -0.05) is 0 Å². The first-order chi connectivity index (χ1) is 7.37. The van der Waals surface area contributed by atoms with Crippen molar-refractivity contribution < 1.29 is 13.2 Å². The van der Waals surface area contributed by atoms with Gasteiger partial charge in [-0.15, -0.1) is 0 Å². The number of hydrogen-bond donors (Lipinski definition) is 1. The van der Waals surface area contributed by atoms with Crippen molar-refractivity contribution in [3.05, 3.63) is 10.6 Å². The predicted molar refractivity (Wildman–Crippen MR) is 56.8 cm³/mol. The van der Waals surface area contributed by atoms with Crippen LogP contribution in [0.3, 0.4) is 0 Å². The number of nitrogens with zero attached hydrogens (tertiary/aromatic N) is 3. The molecule has 0 amide bonds. The predicted octanol–water partition coefficient (Wildman–Crippen LogP) is 2.84. The van der Waals surface area contributed by atoms with E-state index in [-0.39, 0.29) is 40.6 Å². The molecule has 0 bridgehead atoms.